The zero-order valence-corrected chi connectivity index (χ0v) is 9.44. The quantitative estimate of drug-likeness (QED) is 0.670. The van der Waals surface area contributed by atoms with Crippen molar-refractivity contribution < 1.29 is 0 Å². The van der Waals surface area contributed by atoms with Crippen LogP contribution in [0.1, 0.15) is 32.6 Å². The van der Waals surface area contributed by atoms with Crippen LogP contribution >= 0.6 is 12.2 Å². The van der Waals surface area contributed by atoms with E-state index in [2.05, 4.69) is 23.6 Å². The first-order valence-corrected chi connectivity index (χ1v) is 5.77. The molecule has 0 aromatic rings. The second kappa shape index (κ2) is 3.85. The Kier molecular flexibility index (Phi) is 2.72. The summed E-state index contributed by atoms with van der Waals surface area (Å²) in [6.45, 7) is 3.91. The van der Waals surface area contributed by atoms with Gasteiger partial charge in [0.25, 0.3) is 0 Å². The van der Waals surface area contributed by atoms with Crippen molar-refractivity contribution in [2.24, 2.45) is 10.5 Å². The minimum atomic E-state index is 0.347. The van der Waals surface area contributed by atoms with Gasteiger partial charge < -0.3 is 5.32 Å². The van der Waals surface area contributed by atoms with Gasteiger partial charge in [-0.1, -0.05) is 12.8 Å². The van der Waals surface area contributed by atoms with Crippen LogP contribution in [-0.2, 0) is 0 Å². The number of rotatable bonds is 1. The number of nitrogens with zero attached hydrogens (tertiary/aromatic N) is 2. The fourth-order valence-electron chi connectivity index (χ4n) is 2.31. The van der Waals surface area contributed by atoms with Crippen molar-refractivity contribution in [2.75, 3.05) is 13.1 Å². The Morgan fingerprint density at radius 2 is 2.29 bits per heavy atom. The normalized spacial score (nSPS) is 23.4. The third-order valence-corrected chi connectivity index (χ3v) is 3.45. The molecule has 0 amide bonds. The van der Waals surface area contributed by atoms with Crippen molar-refractivity contribution in [1.29, 1.82) is 0 Å². The molecule has 0 saturated heterocycles. The Bertz CT molecular complexity index is 256. The molecule has 2 aliphatic rings. The van der Waals surface area contributed by atoms with Crippen molar-refractivity contribution in [3.63, 3.8) is 0 Å². The van der Waals surface area contributed by atoms with Gasteiger partial charge in [0.15, 0.2) is 5.11 Å². The van der Waals surface area contributed by atoms with Crippen LogP contribution in [0.3, 0.4) is 0 Å². The molecule has 0 unspecified atom stereocenters. The van der Waals surface area contributed by atoms with E-state index in [1.165, 1.54) is 25.7 Å². The van der Waals surface area contributed by atoms with Gasteiger partial charge in [0.1, 0.15) is 0 Å². The molecule has 3 nitrogen and oxygen atoms in total. The van der Waals surface area contributed by atoms with E-state index in [1.807, 2.05) is 5.01 Å². The van der Waals surface area contributed by atoms with Gasteiger partial charge in [0.05, 0.1) is 6.54 Å². The standard InChI is InChI=1S/C10H17N3S/c1-2-11-9(14)13-8-10(7-12-13)5-3-4-6-10/h7H,2-6,8H2,1H3,(H,11,14). The maximum absolute atomic E-state index is 5.23. The molecule has 0 bridgehead atoms. The monoisotopic (exact) mass is 211 g/mol. The van der Waals surface area contributed by atoms with Crippen LogP contribution in [0.4, 0.5) is 0 Å². The largest absolute Gasteiger partial charge is 0.361 e. The van der Waals surface area contributed by atoms with Gasteiger partial charge in [0.2, 0.25) is 0 Å². The molecule has 4 heteroatoms. The first-order chi connectivity index (χ1) is 6.76. The summed E-state index contributed by atoms with van der Waals surface area (Å²) in [5, 5.41) is 10.2. The molecule has 0 atom stereocenters. The summed E-state index contributed by atoms with van der Waals surface area (Å²) in [6.07, 6.45) is 7.36. The number of hydrogen-bond acceptors (Lipinski definition) is 2. The fourth-order valence-corrected chi connectivity index (χ4v) is 2.56. The van der Waals surface area contributed by atoms with E-state index in [1.54, 1.807) is 0 Å². The van der Waals surface area contributed by atoms with E-state index in [-0.39, 0.29) is 0 Å². The van der Waals surface area contributed by atoms with E-state index < -0.39 is 0 Å². The number of hydrogen-bond donors (Lipinski definition) is 1. The number of thiocarbonyl (C=S) groups is 1. The Morgan fingerprint density at radius 3 is 2.93 bits per heavy atom. The van der Waals surface area contributed by atoms with Crippen LogP contribution in [-0.4, -0.2) is 29.4 Å². The van der Waals surface area contributed by atoms with Gasteiger partial charge in [-0.2, -0.15) is 5.10 Å². The van der Waals surface area contributed by atoms with E-state index in [4.69, 9.17) is 12.2 Å². The Balaban J connectivity index is 1.95. The topological polar surface area (TPSA) is 27.6 Å². The highest BCUT2D eigenvalue weighted by molar-refractivity contribution is 7.80. The van der Waals surface area contributed by atoms with Crippen LogP contribution in [0, 0.1) is 5.41 Å². The molecule has 1 spiro atoms. The molecule has 1 saturated carbocycles. The summed E-state index contributed by atoms with van der Waals surface area (Å²) in [6, 6.07) is 0. The van der Waals surface area contributed by atoms with Crippen LogP contribution in [0.5, 0.6) is 0 Å². The molecule has 78 valence electrons. The van der Waals surface area contributed by atoms with Gasteiger partial charge in [0, 0.05) is 18.2 Å². The third-order valence-electron chi connectivity index (χ3n) is 3.10. The highest BCUT2D eigenvalue weighted by Gasteiger charge is 2.38. The molecule has 2 rings (SSSR count). The van der Waals surface area contributed by atoms with Gasteiger partial charge in [-0.3, -0.25) is 0 Å². The molecule has 1 aliphatic heterocycles. The average molecular weight is 211 g/mol. The van der Waals surface area contributed by atoms with E-state index >= 15 is 0 Å². The maximum atomic E-state index is 5.23. The highest BCUT2D eigenvalue weighted by Crippen LogP contribution is 2.39. The average Bonchev–Trinajstić information content (AvgIpc) is 2.78. The number of nitrogens with one attached hydrogen (secondary N) is 1. The Morgan fingerprint density at radius 1 is 1.57 bits per heavy atom. The summed E-state index contributed by atoms with van der Waals surface area (Å²) in [5.41, 5.74) is 0.347. The summed E-state index contributed by atoms with van der Waals surface area (Å²) in [4.78, 5) is 0. The van der Waals surface area contributed by atoms with E-state index in [9.17, 15) is 0 Å². The fraction of sp³-hybridized carbons (Fsp3) is 0.800. The summed E-state index contributed by atoms with van der Waals surface area (Å²) in [7, 11) is 0. The van der Waals surface area contributed by atoms with Crippen molar-refractivity contribution in [3.8, 4) is 0 Å². The predicted octanol–water partition coefficient (Wildman–Crippen LogP) is 1.74. The van der Waals surface area contributed by atoms with Crippen LogP contribution < -0.4 is 5.32 Å². The third kappa shape index (κ3) is 1.75. The molecule has 0 radical (unpaired) electrons. The lowest BCUT2D eigenvalue weighted by molar-refractivity contribution is 0.344. The molecule has 1 heterocycles. The van der Waals surface area contributed by atoms with Gasteiger partial charge in [-0.15, -0.1) is 0 Å². The highest BCUT2D eigenvalue weighted by atomic mass is 32.1. The predicted molar refractivity (Wildman–Crippen MR) is 62.4 cm³/mol. The molecule has 1 fully saturated rings. The van der Waals surface area contributed by atoms with Crippen LogP contribution in [0.25, 0.3) is 0 Å². The Hall–Kier alpha value is -0.640. The SMILES string of the molecule is CCNC(=S)N1CC2(C=N1)CCCC2. The molecule has 1 aliphatic carbocycles. The second-order valence-corrected chi connectivity index (χ2v) is 4.59. The lowest BCUT2D eigenvalue weighted by Crippen LogP contribution is -2.38. The molecule has 0 aromatic heterocycles. The molecule has 1 N–H and O–H groups in total. The zero-order valence-electron chi connectivity index (χ0n) is 8.62. The molecule has 0 aromatic carbocycles. The first kappa shape index (κ1) is 9.90. The smallest absolute Gasteiger partial charge is 0.189 e. The summed E-state index contributed by atoms with van der Waals surface area (Å²) >= 11 is 5.23. The summed E-state index contributed by atoms with van der Waals surface area (Å²) < 4.78 is 0. The van der Waals surface area contributed by atoms with Gasteiger partial charge >= 0.3 is 0 Å². The lowest BCUT2D eigenvalue weighted by Gasteiger charge is -2.22. The van der Waals surface area contributed by atoms with Gasteiger partial charge in [-0.25, -0.2) is 5.01 Å². The van der Waals surface area contributed by atoms with Crippen molar-refractivity contribution in [2.45, 2.75) is 32.6 Å². The second-order valence-electron chi connectivity index (χ2n) is 4.21. The minimum absolute atomic E-state index is 0.347. The van der Waals surface area contributed by atoms with Crippen molar-refractivity contribution in [3.05, 3.63) is 0 Å². The first-order valence-electron chi connectivity index (χ1n) is 5.36. The number of hydrazone groups is 1. The molecular formula is C10H17N3S. The van der Waals surface area contributed by atoms with Crippen LogP contribution in [0.2, 0.25) is 0 Å². The zero-order chi connectivity index (χ0) is 10.0. The van der Waals surface area contributed by atoms with Crippen molar-refractivity contribution in [1.82, 2.24) is 10.3 Å². The van der Waals surface area contributed by atoms with Crippen LogP contribution in [0.15, 0.2) is 5.10 Å². The van der Waals surface area contributed by atoms with E-state index in [0.29, 0.717) is 5.41 Å². The molecule has 14 heavy (non-hydrogen) atoms. The van der Waals surface area contributed by atoms with E-state index in [0.717, 1.165) is 18.2 Å². The Labute approximate surface area is 90.5 Å². The molecular weight excluding hydrogens is 194 g/mol. The maximum Gasteiger partial charge on any atom is 0.189 e. The van der Waals surface area contributed by atoms with Gasteiger partial charge in [-0.05, 0) is 32.0 Å². The summed E-state index contributed by atoms with van der Waals surface area (Å²) in [5.74, 6) is 0. The minimum Gasteiger partial charge on any atom is -0.361 e. The van der Waals surface area contributed by atoms with Crippen molar-refractivity contribution >= 4 is 23.5 Å². The lowest BCUT2D eigenvalue weighted by atomic mass is 9.89.